The van der Waals surface area contributed by atoms with Gasteiger partial charge in [0, 0.05) is 13.3 Å². The van der Waals surface area contributed by atoms with Gasteiger partial charge >= 0.3 is 0 Å². The van der Waals surface area contributed by atoms with Gasteiger partial charge in [0.25, 0.3) is 0 Å². The van der Waals surface area contributed by atoms with E-state index in [0.717, 1.165) is 16.9 Å². The maximum Gasteiger partial charge on any atom is 0.199 e. The number of benzene rings is 1. The van der Waals surface area contributed by atoms with Crippen molar-refractivity contribution < 1.29 is 9.09 Å². The molecule has 0 atom stereocenters. The van der Waals surface area contributed by atoms with E-state index in [4.69, 9.17) is 4.52 Å². The Bertz CT molecular complexity index is 667. The van der Waals surface area contributed by atoms with Crippen LogP contribution in [0.4, 0.5) is 0 Å². The van der Waals surface area contributed by atoms with E-state index in [1.807, 2.05) is 44.4 Å². The fourth-order valence-electron chi connectivity index (χ4n) is 2.56. The minimum Gasteiger partial charge on any atom is -0.302 e. The highest BCUT2D eigenvalue weighted by molar-refractivity contribution is 7.57. The van der Waals surface area contributed by atoms with Crippen LogP contribution in [0.1, 0.15) is 25.2 Å². The summed E-state index contributed by atoms with van der Waals surface area (Å²) in [7, 11) is -2.59. The molecule has 0 amide bonds. The maximum atomic E-state index is 12.0. The molecule has 0 aliphatic rings. The summed E-state index contributed by atoms with van der Waals surface area (Å²) in [5, 5.41) is 0. The number of hydrogen-bond donors (Lipinski definition) is 0. The summed E-state index contributed by atoms with van der Waals surface area (Å²) < 4.78 is 19.8. The summed E-state index contributed by atoms with van der Waals surface area (Å²) in [4.78, 5) is 4.54. The van der Waals surface area contributed by atoms with Gasteiger partial charge in [-0.15, -0.1) is 0 Å². The van der Waals surface area contributed by atoms with E-state index in [1.165, 1.54) is 5.56 Å². The van der Waals surface area contributed by atoms with Gasteiger partial charge in [-0.3, -0.25) is 9.13 Å². The van der Waals surface area contributed by atoms with Gasteiger partial charge in [-0.2, -0.15) is 0 Å². The average molecular weight is 280 g/mol. The molecule has 1 heterocycles. The molecule has 0 bridgehead atoms. The van der Waals surface area contributed by atoms with Gasteiger partial charge in [-0.1, -0.05) is 6.07 Å². The van der Waals surface area contributed by atoms with Crippen molar-refractivity contribution in [2.45, 2.75) is 33.4 Å². The van der Waals surface area contributed by atoms with Gasteiger partial charge in [0.2, 0.25) is 0 Å². The number of aromatic nitrogens is 2. The summed E-state index contributed by atoms with van der Waals surface area (Å²) in [5.74, 6) is 0.860. The van der Waals surface area contributed by atoms with Crippen molar-refractivity contribution >= 4 is 18.4 Å². The quantitative estimate of drug-likeness (QED) is 0.801. The zero-order chi connectivity index (χ0) is 14.4. The Hall–Kier alpha value is -1.12. The number of imidazole rings is 1. The third-order valence-electron chi connectivity index (χ3n) is 2.96. The first kappa shape index (κ1) is 14.3. The zero-order valence-electron chi connectivity index (χ0n) is 12.4. The monoisotopic (exact) mass is 280 g/mol. The highest BCUT2D eigenvalue weighted by atomic mass is 31.2. The summed E-state index contributed by atoms with van der Waals surface area (Å²) >= 11 is 0. The lowest BCUT2D eigenvalue weighted by atomic mass is 10.2. The van der Waals surface area contributed by atoms with Gasteiger partial charge in [0.15, 0.2) is 7.37 Å². The Kier molecular flexibility index (Phi) is 3.36. The molecule has 4 nitrogen and oxygen atoms in total. The Morgan fingerprint density at radius 2 is 1.89 bits per heavy atom. The SMILES string of the molecule is Cc1ccc2nc(C)n(C(C)(C)OP(C)(C)=O)c2c1. The first-order chi connectivity index (χ1) is 8.60. The van der Waals surface area contributed by atoms with Gasteiger partial charge in [-0.25, -0.2) is 4.98 Å². The van der Waals surface area contributed by atoms with Crippen molar-refractivity contribution in [2.75, 3.05) is 13.3 Å². The molecule has 0 aliphatic carbocycles. The predicted octanol–water partition coefficient (Wildman–Crippen LogP) is 3.90. The number of rotatable bonds is 3. The molecule has 19 heavy (non-hydrogen) atoms. The van der Waals surface area contributed by atoms with Crippen molar-refractivity contribution in [3.63, 3.8) is 0 Å². The summed E-state index contributed by atoms with van der Waals surface area (Å²) in [6.45, 7) is 11.1. The normalized spacial score (nSPS) is 13.2. The van der Waals surface area contributed by atoms with Crippen molar-refractivity contribution in [3.05, 3.63) is 29.6 Å². The molecule has 0 radical (unpaired) electrons. The van der Waals surface area contributed by atoms with Crippen LogP contribution in [0.3, 0.4) is 0 Å². The molecule has 5 heteroatoms. The first-order valence-corrected chi connectivity index (χ1v) is 8.84. The van der Waals surface area contributed by atoms with E-state index in [-0.39, 0.29) is 0 Å². The highest BCUT2D eigenvalue weighted by Crippen LogP contribution is 2.45. The van der Waals surface area contributed by atoms with Crippen LogP contribution in [0.2, 0.25) is 0 Å². The van der Waals surface area contributed by atoms with Crippen LogP contribution in [0, 0.1) is 13.8 Å². The van der Waals surface area contributed by atoms with Crippen LogP contribution in [0.25, 0.3) is 11.0 Å². The largest absolute Gasteiger partial charge is 0.302 e. The predicted molar refractivity (Wildman–Crippen MR) is 79.1 cm³/mol. The minimum absolute atomic E-state index is 0.689. The lowest BCUT2D eigenvalue weighted by molar-refractivity contribution is 0.0385. The van der Waals surface area contributed by atoms with Crippen molar-refractivity contribution in [2.24, 2.45) is 0 Å². The highest BCUT2D eigenvalue weighted by Gasteiger charge is 2.30. The molecule has 1 aromatic carbocycles. The first-order valence-electron chi connectivity index (χ1n) is 6.32. The smallest absolute Gasteiger partial charge is 0.199 e. The molecule has 0 saturated carbocycles. The maximum absolute atomic E-state index is 12.0. The average Bonchev–Trinajstić information content (AvgIpc) is 2.49. The van der Waals surface area contributed by atoms with Crippen LogP contribution in [0.15, 0.2) is 18.2 Å². The van der Waals surface area contributed by atoms with E-state index in [9.17, 15) is 4.57 Å². The summed E-state index contributed by atoms with van der Waals surface area (Å²) in [6.07, 6.45) is 0. The van der Waals surface area contributed by atoms with Crippen LogP contribution < -0.4 is 0 Å². The van der Waals surface area contributed by atoms with E-state index >= 15 is 0 Å². The molecule has 0 N–H and O–H groups in total. The summed E-state index contributed by atoms with van der Waals surface area (Å²) in [6, 6.07) is 6.12. The van der Waals surface area contributed by atoms with Crippen LogP contribution in [-0.2, 0) is 14.8 Å². The Morgan fingerprint density at radius 3 is 2.47 bits per heavy atom. The summed E-state index contributed by atoms with van der Waals surface area (Å²) in [5.41, 5.74) is 2.42. The third kappa shape index (κ3) is 2.90. The molecular formula is C14H21N2O2P. The Labute approximate surface area is 114 Å². The molecule has 0 fully saturated rings. The molecule has 0 spiro atoms. The topological polar surface area (TPSA) is 44.1 Å². The van der Waals surface area contributed by atoms with E-state index in [0.29, 0.717) is 0 Å². The zero-order valence-corrected chi connectivity index (χ0v) is 13.3. The second-order valence-electron chi connectivity index (χ2n) is 5.78. The fourth-order valence-corrected chi connectivity index (χ4v) is 3.72. The second kappa shape index (κ2) is 4.46. The van der Waals surface area contributed by atoms with Gasteiger partial charge in [0.1, 0.15) is 11.5 Å². The van der Waals surface area contributed by atoms with Crippen LogP contribution in [-0.4, -0.2) is 22.9 Å². The number of hydrogen-bond acceptors (Lipinski definition) is 3. The van der Waals surface area contributed by atoms with Gasteiger partial charge in [-0.05, 0) is 45.4 Å². The lowest BCUT2D eigenvalue weighted by Crippen LogP contribution is -2.29. The molecular weight excluding hydrogens is 259 g/mol. The van der Waals surface area contributed by atoms with Crippen molar-refractivity contribution in [1.29, 1.82) is 0 Å². The van der Waals surface area contributed by atoms with Gasteiger partial charge in [0.05, 0.1) is 11.0 Å². The molecule has 1 aromatic heterocycles. The second-order valence-corrected chi connectivity index (χ2v) is 8.46. The molecule has 104 valence electrons. The molecule has 2 rings (SSSR count). The van der Waals surface area contributed by atoms with E-state index in [2.05, 4.69) is 11.1 Å². The third-order valence-corrected chi connectivity index (χ3v) is 3.85. The van der Waals surface area contributed by atoms with Crippen molar-refractivity contribution in [1.82, 2.24) is 9.55 Å². The molecule has 0 saturated heterocycles. The number of fused-ring (bicyclic) bond motifs is 1. The molecule has 0 unspecified atom stereocenters. The van der Waals surface area contributed by atoms with Crippen LogP contribution in [0.5, 0.6) is 0 Å². The minimum atomic E-state index is -2.59. The number of nitrogens with zero attached hydrogens (tertiary/aromatic N) is 2. The van der Waals surface area contributed by atoms with E-state index < -0.39 is 13.1 Å². The molecule has 2 aromatic rings. The van der Waals surface area contributed by atoms with E-state index in [1.54, 1.807) is 13.3 Å². The van der Waals surface area contributed by atoms with Crippen LogP contribution >= 0.6 is 7.37 Å². The lowest BCUT2D eigenvalue weighted by Gasteiger charge is -2.30. The molecule has 0 aliphatic heterocycles. The Morgan fingerprint density at radius 1 is 1.26 bits per heavy atom. The fraction of sp³-hybridized carbons (Fsp3) is 0.500. The van der Waals surface area contributed by atoms with Gasteiger partial charge < -0.3 is 4.52 Å². The Balaban J connectivity index is 2.64. The standard InChI is InChI=1S/C14H21N2O2P/c1-10-7-8-12-13(9-10)16(11(2)15-12)14(3,4)18-19(5,6)17/h7-9H,1-6H3. The number of aryl methyl sites for hydroxylation is 2. The van der Waals surface area contributed by atoms with Crippen molar-refractivity contribution in [3.8, 4) is 0 Å².